The lowest BCUT2D eigenvalue weighted by atomic mass is 9.84. The summed E-state index contributed by atoms with van der Waals surface area (Å²) < 4.78 is 0. The predicted octanol–water partition coefficient (Wildman–Crippen LogP) is 8.76. The highest BCUT2D eigenvalue weighted by atomic mass is 16.4. The number of aryl methyl sites for hydroxylation is 3. The van der Waals surface area contributed by atoms with Gasteiger partial charge in [0.15, 0.2) is 0 Å². The second-order valence-electron chi connectivity index (χ2n) is 14.9. The molecule has 3 aromatic heterocycles. The summed E-state index contributed by atoms with van der Waals surface area (Å²) in [6.45, 7) is 22.9. The number of carbonyl (C=O) groups excluding carboxylic acids is 1. The molecule has 0 aliphatic carbocycles. The van der Waals surface area contributed by atoms with Crippen molar-refractivity contribution < 1.29 is 24.6 Å². The zero-order chi connectivity index (χ0) is 37.9. The number of hydrogen-bond acceptors (Lipinski definition) is 5. The summed E-state index contributed by atoms with van der Waals surface area (Å²) in [6, 6.07) is 5.82. The van der Waals surface area contributed by atoms with Crippen LogP contribution in [0.1, 0.15) is 137 Å². The van der Waals surface area contributed by atoms with Crippen LogP contribution >= 0.6 is 0 Å². The number of carboxylic acids is 2. The van der Waals surface area contributed by atoms with Gasteiger partial charge < -0.3 is 25.9 Å². The summed E-state index contributed by atoms with van der Waals surface area (Å²) in [4.78, 5) is 53.7. The van der Waals surface area contributed by atoms with Crippen LogP contribution in [0, 0.1) is 19.3 Å². The summed E-state index contributed by atoms with van der Waals surface area (Å²) in [5.74, 6) is -3.46. The van der Waals surface area contributed by atoms with Crippen LogP contribution in [0.25, 0.3) is 39.3 Å². The highest BCUT2D eigenvalue weighted by Crippen LogP contribution is 2.43. The number of carboxylic acid groups (broad SMARTS) is 2. The molecule has 0 spiro atoms. The van der Waals surface area contributed by atoms with Gasteiger partial charge in [0.25, 0.3) is 0 Å². The molecule has 0 aromatic carbocycles. The number of nitrogens with two attached hydrogens (primary N) is 1. The van der Waals surface area contributed by atoms with Gasteiger partial charge >= 0.3 is 11.9 Å². The Balaban J connectivity index is 0.000000755. The molecule has 0 radical (unpaired) electrons. The number of H-pyrrole nitrogens is 2. The number of carbonyl (C=O) groups is 3. The average Bonchev–Trinajstić information content (AvgIpc) is 3.71. The molecule has 6 N–H and O–H groups in total. The van der Waals surface area contributed by atoms with E-state index in [0.717, 1.165) is 50.7 Å². The lowest BCUT2D eigenvalue weighted by Crippen LogP contribution is -2.18. The summed E-state index contributed by atoms with van der Waals surface area (Å²) in [5.41, 5.74) is 16.1. The van der Waals surface area contributed by atoms with Gasteiger partial charge in [0.05, 0.1) is 29.1 Å². The van der Waals surface area contributed by atoms with Crippen molar-refractivity contribution in [3.63, 3.8) is 0 Å². The van der Waals surface area contributed by atoms with Crippen molar-refractivity contribution >= 4 is 57.1 Å². The number of primary amides is 1. The van der Waals surface area contributed by atoms with E-state index < -0.39 is 23.8 Å². The van der Waals surface area contributed by atoms with E-state index in [1.807, 2.05) is 45.0 Å². The first-order chi connectivity index (χ1) is 23.9. The predicted molar refractivity (Wildman–Crippen MR) is 205 cm³/mol. The Labute approximate surface area is 300 Å². The molecule has 10 heteroatoms. The lowest BCUT2D eigenvalue weighted by Gasteiger charge is -2.17. The molecule has 51 heavy (non-hydrogen) atoms. The van der Waals surface area contributed by atoms with Crippen LogP contribution in [-0.2, 0) is 27.2 Å². The Morgan fingerprint density at radius 1 is 0.941 bits per heavy atom. The van der Waals surface area contributed by atoms with E-state index in [1.54, 1.807) is 6.92 Å². The van der Waals surface area contributed by atoms with E-state index >= 15 is 0 Å². The first kappa shape index (κ1) is 38.8. The molecule has 10 nitrogen and oxygen atoms in total. The van der Waals surface area contributed by atoms with Gasteiger partial charge in [0.2, 0.25) is 5.91 Å². The van der Waals surface area contributed by atoms with Gasteiger partial charge in [-0.15, -0.1) is 0 Å². The monoisotopic (exact) mass is 695 g/mol. The minimum absolute atomic E-state index is 0.0326. The number of aromatic amines is 2. The number of allylic oxidation sites excluding steroid dienone is 1. The fourth-order valence-corrected chi connectivity index (χ4v) is 7.30. The van der Waals surface area contributed by atoms with Gasteiger partial charge in [0, 0.05) is 57.1 Å². The zero-order valence-electron chi connectivity index (χ0n) is 31.5. The smallest absolute Gasteiger partial charge is 0.338 e. The average molecular weight is 696 g/mol. The van der Waals surface area contributed by atoms with Crippen molar-refractivity contribution in [3.8, 4) is 0 Å². The Morgan fingerprint density at radius 3 is 2.12 bits per heavy atom. The summed E-state index contributed by atoms with van der Waals surface area (Å²) in [6.07, 6.45) is 5.00. The third-order valence-corrected chi connectivity index (χ3v) is 9.97. The summed E-state index contributed by atoms with van der Waals surface area (Å²) >= 11 is 0. The van der Waals surface area contributed by atoms with E-state index in [-0.39, 0.29) is 36.4 Å². The number of rotatable bonds is 9. The zero-order valence-corrected chi connectivity index (χ0v) is 31.5. The van der Waals surface area contributed by atoms with E-state index in [0.29, 0.717) is 33.6 Å². The van der Waals surface area contributed by atoms with Crippen LogP contribution < -0.4 is 5.73 Å². The van der Waals surface area contributed by atoms with E-state index in [2.05, 4.69) is 51.2 Å². The van der Waals surface area contributed by atoms with Crippen molar-refractivity contribution in [2.24, 2.45) is 11.1 Å². The summed E-state index contributed by atoms with van der Waals surface area (Å²) in [5, 5.41) is 19.9. The molecular weight excluding hydrogens is 642 g/mol. The minimum Gasteiger partial charge on any atom is -0.481 e. The number of hydrogen-bond donors (Lipinski definition) is 5. The van der Waals surface area contributed by atoms with Gasteiger partial charge in [-0.3, -0.25) is 14.6 Å². The molecular formula is C41H53N5O5. The van der Waals surface area contributed by atoms with Crippen LogP contribution in [0.3, 0.4) is 0 Å². The van der Waals surface area contributed by atoms with Crippen LogP contribution in [0.15, 0.2) is 24.8 Å². The van der Waals surface area contributed by atoms with E-state index in [9.17, 15) is 24.6 Å². The Bertz CT molecular complexity index is 2080. The van der Waals surface area contributed by atoms with Crippen molar-refractivity contribution in [1.29, 1.82) is 0 Å². The van der Waals surface area contributed by atoms with Gasteiger partial charge in [-0.05, 0) is 85.9 Å². The molecule has 0 saturated carbocycles. The van der Waals surface area contributed by atoms with Crippen molar-refractivity contribution in [3.05, 3.63) is 75.4 Å². The van der Waals surface area contributed by atoms with Crippen LogP contribution in [-0.4, -0.2) is 48.0 Å². The van der Waals surface area contributed by atoms with Gasteiger partial charge in [-0.1, -0.05) is 60.6 Å². The summed E-state index contributed by atoms with van der Waals surface area (Å²) in [7, 11) is 0. The molecule has 3 aromatic rings. The molecule has 2 aliphatic rings. The maximum absolute atomic E-state index is 12.7. The van der Waals surface area contributed by atoms with Gasteiger partial charge in [-0.25, -0.2) is 9.78 Å². The number of amides is 1. The Kier molecular flexibility index (Phi) is 11.8. The van der Waals surface area contributed by atoms with E-state index in [4.69, 9.17) is 15.7 Å². The molecule has 2 unspecified atom stereocenters. The van der Waals surface area contributed by atoms with Crippen molar-refractivity contribution in [2.75, 3.05) is 0 Å². The number of nitrogens with one attached hydrogen (secondary N) is 2. The minimum atomic E-state index is -1.19. The molecule has 8 bridgehead atoms. The quantitative estimate of drug-likeness (QED) is 0.149. The first-order valence-corrected chi connectivity index (χ1v) is 17.7. The normalized spacial score (nSPS) is 15.7. The molecule has 272 valence electrons. The SMILES string of the molecule is C=Cc1c(C)c2cc3nc(c(CC(N)=O)c4nc(cc5[nH]c(cc1[nH]2)c(C)c5CC)C(C)=C4C(=O)O)C(CCC(=O)O)C3C.CCCC(C)(C)C. The van der Waals surface area contributed by atoms with Gasteiger partial charge in [0.1, 0.15) is 0 Å². The second-order valence-corrected chi connectivity index (χ2v) is 14.9. The van der Waals surface area contributed by atoms with Crippen LogP contribution in [0.2, 0.25) is 0 Å². The molecule has 1 amide bonds. The highest BCUT2D eigenvalue weighted by molar-refractivity contribution is 6.24. The lowest BCUT2D eigenvalue weighted by molar-refractivity contribution is -0.137. The second kappa shape index (κ2) is 15.5. The largest absolute Gasteiger partial charge is 0.481 e. The third-order valence-electron chi connectivity index (χ3n) is 9.97. The molecule has 5 rings (SSSR count). The highest BCUT2D eigenvalue weighted by Gasteiger charge is 2.35. The van der Waals surface area contributed by atoms with Gasteiger partial charge in [-0.2, -0.15) is 0 Å². The van der Waals surface area contributed by atoms with Crippen molar-refractivity contribution in [2.45, 2.75) is 113 Å². The molecule has 2 aliphatic heterocycles. The number of fused-ring (bicyclic) bond motifs is 8. The fraction of sp³-hybridized carbons (Fsp3) is 0.439. The van der Waals surface area contributed by atoms with Crippen LogP contribution in [0.5, 0.6) is 0 Å². The fourth-order valence-electron chi connectivity index (χ4n) is 7.30. The topological polar surface area (TPSA) is 175 Å². The Morgan fingerprint density at radius 2 is 1.59 bits per heavy atom. The molecule has 5 heterocycles. The first-order valence-electron chi connectivity index (χ1n) is 17.7. The standard InChI is InChI=1S/C34H37N5O5.C7H16/c1-7-19-15(3)23-12-25-17(5)21(9-10-30(41)42)32(38-25)22(11-29(35)40)33-31(34(43)44)18(6)26(39-33)14-28-20(8-2)16(4)24(37-28)13-27(19)36-23;1-5-6-7(2,3)4/h7,12-14,17,21,36-37H,1,8-11H2,2-6H3,(H2,35,40)(H,41,42)(H,43,44);5-6H2,1-4H3. The van der Waals surface area contributed by atoms with Crippen LogP contribution in [0.4, 0.5) is 0 Å². The third kappa shape index (κ3) is 8.32. The number of aromatic nitrogens is 4. The molecule has 0 fully saturated rings. The maximum Gasteiger partial charge on any atom is 0.338 e. The number of aliphatic carboxylic acids is 2. The Hall–Kier alpha value is -4.99. The molecule has 0 saturated heterocycles. The number of nitrogens with zero attached hydrogens (tertiary/aromatic N) is 2. The van der Waals surface area contributed by atoms with Crippen molar-refractivity contribution in [1.82, 2.24) is 19.9 Å². The maximum atomic E-state index is 12.7. The van der Waals surface area contributed by atoms with E-state index in [1.165, 1.54) is 12.8 Å². The molecule has 2 atom stereocenters.